The highest BCUT2D eigenvalue weighted by Crippen LogP contribution is 2.40. The number of Topliss-reactive ketones (excluding diaryl/α,β-unsaturated/α-hetero) is 1. The number of hydrogen-bond acceptors (Lipinski definition) is 8. The first kappa shape index (κ1) is 38.2. The van der Waals surface area contributed by atoms with Crippen LogP contribution in [-0.2, 0) is 24.0 Å². The second-order valence-corrected chi connectivity index (χ2v) is 14.0. The van der Waals surface area contributed by atoms with Crippen molar-refractivity contribution < 1.29 is 28.8 Å². The molecule has 2 heterocycles. The minimum absolute atomic E-state index is 0.0584. The van der Waals surface area contributed by atoms with Crippen molar-refractivity contribution in [2.75, 3.05) is 13.1 Å². The maximum atomic E-state index is 14.6. The first-order valence-electron chi connectivity index (χ1n) is 17.9. The van der Waals surface area contributed by atoms with Gasteiger partial charge in [-0.25, -0.2) is 4.98 Å². The Morgan fingerprint density at radius 2 is 1.72 bits per heavy atom. The average Bonchev–Trinajstić information content (AvgIpc) is 3.64. The summed E-state index contributed by atoms with van der Waals surface area (Å²) in [6, 6.07) is -3.91. The van der Waals surface area contributed by atoms with Gasteiger partial charge in [0.1, 0.15) is 23.8 Å². The molecule has 1 saturated heterocycles. The minimum atomic E-state index is -1.17. The first-order valence-corrected chi connectivity index (χ1v) is 17.9. The molecule has 1 aromatic heterocycles. The fraction of sp³-hybridized carbons (Fsp3) is 0.622. The lowest BCUT2D eigenvalue weighted by atomic mass is 9.69. The largest absolute Gasteiger partial charge is 0.346 e. The molecule has 4 atom stereocenters. The van der Waals surface area contributed by atoms with Gasteiger partial charge in [0.25, 0.3) is 11.8 Å². The van der Waals surface area contributed by atoms with E-state index in [1.165, 1.54) is 29.6 Å². The van der Waals surface area contributed by atoms with E-state index in [1.807, 2.05) is 6.92 Å². The highest BCUT2D eigenvalue weighted by molar-refractivity contribution is 6.38. The summed E-state index contributed by atoms with van der Waals surface area (Å²) in [5.41, 5.74) is -0.494. The summed E-state index contributed by atoms with van der Waals surface area (Å²) in [6.45, 7) is 5.91. The molecule has 1 aromatic rings. The Balaban J connectivity index is 1.57. The Kier molecular flexibility index (Phi) is 14.1. The molecule has 4 rings (SSSR count). The molecule has 2 saturated carbocycles. The van der Waals surface area contributed by atoms with Crippen LogP contribution >= 0.6 is 0 Å². The Bertz CT molecular complexity index is 1430. The molecule has 13 nitrogen and oxygen atoms in total. The number of ketones is 1. The van der Waals surface area contributed by atoms with E-state index in [0.29, 0.717) is 25.7 Å². The average molecular weight is 690 g/mol. The second-order valence-electron chi connectivity index (χ2n) is 14.0. The molecule has 4 N–H and O–H groups in total. The maximum Gasteiger partial charge on any atom is 0.289 e. The minimum Gasteiger partial charge on any atom is -0.346 e. The van der Waals surface area contributed by atoms with Gasteiger partial charge in [-0.2, -0.15) is 0 Å². The Morgan fingerprint density at radius 1 is 1.00 bits per heavy atom. The fourth-order valence-corrected chi connectivity index (χ4v) is 7.55. The van der Waals surface area contributed by atoms with Crippen LogP contribution in [0.25, 0.3) is 0 Å². The summed E-state index contributed by atoms with van der Waals surface area (Å²) in [5.74, 6) is -1.26. The van der Waals surface area contributed by atoms with Crippen molar-refractivity contribution in [1.29, 1.82) is 0 Å². The van der Waals surface area contributed by atoms with E-state index in [2.05, 4.69) is 43.7 Å². The van der Waals surface area contributed by atoms with E-state index in [-0.39, 0.29) is 43.5 Å². The second kappa shape index (κ2) is 18.4. The van der Waals surface area contributed by atoms with Crippen LogP contribution in [0.4, 0.5) is 0 Å². The zero-order valence-electron chi connectivity index (χ0n) is 29.1. The van der Waals surface area contributed by atoms with Gasteiger partial charge in [0.2, 0.25) is 23.5 Å². The maximum absolute atomic E-state index is 14.6. The molecule has 2 aliphatic carbocycles. The number of terminal acetylenes is 1. The first-order chi connectivity index (χ1) is 24.1. The summed E-state index contributed by atoms with van der Waals surface area (Å²) in [5, 5.41) is 11.1. The molecule has 0 spiro atoms. The van der Waals surface area contributed by atoms with Crippen molar-refractivity contribution >= 4 is 35.3 Å². The fourth-order valence-electron chi connectivity index (χ4n) is 7.55. The molecule has 0 bridgehead atoms. The highest BCUT2D eigenvalue weighted by Gasteiger charge is 2.47. The monoisotopic (exact) mass is 689 g/mol. The third-order valence-electron chi connectivity index (χ3n) is 10.4. The Labute approximate surface area is 294 Å². The Hall–Kier alpha value is -4.60. The topological polar surface area (TPSA) is 180 Å². The lowest BCUT2D eigenvalue weighted by Gasteiger charge is -2.43. The van der Waals surface area contributed by atoms with Crippen LogP contribution in [0.1, 0.15) is 107 Å². The zero-order chi connectivity index (χ0) is 36.1. The van der Waals surface area contributed by atoms with Gasteiger partial charge >= 0.3 is 0 Å². The third-order valence-corrected chi connectivity index (χ3v) is 10.4. The highest BCUT2D eigenvalue weighted by atomic mass is 16.2. The Morgan fingerprint density at radius 3 is 2.38 bits per heavy atom. The number of aromatic nitrogens is 2. The molecule has 0 radical (unpaired) electrons. The molecule has 1 aliphatic heterocycles. The van der Waals surface area contributed by atoms with Crippen LogP contribution < -0.4 is 21.3 Å². The van der Waals surface area contributed by atoms with E-state index in [9.17, 15) is 28.8 Å². The number of hydrogen-bond donors (Lipinski definition) is 4. The quantitative estimate of drug-likeness (QED) is 0.123. The smallest absolute Gasteiger partial charge is 0.289 e. The van der Waals surface area contributed by atoms with Gasteiger partial charge in [-0.05, 0) is 56.3 Å². The standard InChI is InChI=1S/C37H51N7O6/c1-4-6-16-26(30(45)35(49)40-20-5-2)41-33(47)28-17-13-23-44(28)36(50)31(37(3)18-11-8-12-19-37)43-34(48)29(25-14-9-7-10-15-25)42-32(46)27-24-38-21-22-39-27/h1,5,21-22,24-26,28-29,31H,2,6-20,23H2,3H3,(H,40,49)(H,41,47)(H,42,46)(H,43,48)/t26?,28?,29?,31-/m1/s1. The molecule has 0 aromatic carbocycles. The summed E-state index contributed by atoms with van der Waals surface area (Å²) in [6.07, 6.45) is 20.8. The van der Waals surface area contributed by atoms with Crippen LogP contribution in [-0.4, -0.2) is 87.4 Å². The van der Waals surface area contributed by atoms with E-state index in [4.69, 9.17) is 6.42 Å². The number of carbonyl (C=O) groups excluding carboxylic acids is 6. The van der Waals surface area contributed by atoms with E-state index < -0.39 is 59.0 Å². The van der Waals surface area contributed by atoms with Crippen LogP contribution in [0.15, 0.2) is 31.2 Å². The normalized spacial score (nSPS) is 20.6. The van der Waals surface area contributed by atoms with Gasteiger partial charge < -0.3 is 26.2 Å². The molecule has 3 fully saturated rings. The summed E-state index contributed by atoms with van der Waals surface area (Å²) < 4.78 is 0. The van der Waals surface area contributed by atoms with Gasteiger partial charge in [-0.1, -0.05) is 51.5 Å². The van der Waals surface area contributed by atoms with Crippen LogP contribution in [0.5, 0.6) is 0 Å². The number of carbonyl (C=O) groups is 6. The molecule has 5 amide bonds. The third kappa shape index (κ3) is 9.76. The lowest BCUT2D eigenvalue weighted by molar-refractivity contribution is -0.146. The number of nitrogens with one attached hydrogen (secondary N) is 4. The predicted molar refractivity (Wildman–Crippen MR) is 186 cm³/mol. The molecular formula is C37H51N7O6. The molecule has 3 unspecified atom stereocenters. The molecule has 270 valence electrons. The van der Waals surface area contributed by atoms with Gasteiger partial charge in [-0.3, -0.25) is 33.8 Å². The van der Waals surface area contributed by atoms with Gasteiger partial charge in [0.15, 0.2) is 0 Å². The van der Waals surface area contributed by atoms with Crippen LogP contribution in [0.3, 0.4) is 0 Å². The van der Waals surface area contributed by atoms with Gasteiger partial charge in [-0.15, -0.1) is 18.9 Å². The molecule has 50 heavy (non-hydrogen) atoms. The SMILES string of the molecule is C#CCCC(NC(=O)C1CCCN1C(=O)[C@@H](NC(=O)C(NC(=O)c1cnccn1)C1CCCCC1)C1(C)CCCCC1)C(=O)C(=O)NCC=C. The number of rotatable bonds is 15. The van der Waals surface area contributed by atoms with Crippen molar-refractivity contribution in [1.82, 2.24) is 36.1 Å². The molecular weight excluding hydrogens is 638 g/mol. The number of likely N-dealkylation sites (tertiary alicyclic amines) is 1. The van der Waals surface area contributed by atoms with Crippen LogP contribution in [0.2, 0.25) is 0 Å². The van der Waals surface area contributed by atoms with Crippen molar-refractivity contribution in [3.8, 4) is 12.3 Å². The summed E-state index contributed by atoms with van der Waals surface area (Å²) in [4.78, 5) is 90.9. The zero-order valence-corrected chi connectivity index (χ0v) is 29.1. The van der Waals surface area contributed by atoms with Crippen molar-refractivity contribution in [3.63, 3.8) is 0 Å². The summed E-state index contributed by atoms with van der Waals surface area (Å²) in [7, 11) is 0. The van der Waals surface area contributed by atoms with E-state index in [1.54, 1.807) is 0 Å². The van der Waals surface area contributed by atoms with E-state index >= 15 is 0 Å². The van der Waals surface area contributed by atoms with Crippen LogP contribution in [0, 0.1) is 23.7 Å². The van der Waals surface area contributed by atoms with Crippen molar-refractivity contribution in [3.05, 3.63) is 36.9 Å². The van der Waals surface area contributed by atoms with Gasteiger partial charge in [0, 0.05) is 31.9 Å². The molecule has 13 heteroatoms. The van der Waals surface area contributed by atoms with Crippen molar-refractivity contribution in [2.45, 2.75) is 121 Å². The van der Waals surface area contributed by atoms with Crippen molar-refractivity contribution in [2.24, 2.45) is 11.3 Å². The van der Waals surface area contributed by atoms with E-state index in [0.717, 1.165) is 51.4 Å². The molecule has 3 aliphatic rings. The number of nitrogens with zero attached hydrogens (tertiary/aromatic N) is 3. The predicted octanol–water partition coefficient (Wildman–Crippen LogP) is 2.37. The summed E-state index contributed by atoms with van der Waals surface area (Å²) >= 11 is 0. The van der Waals surface area contributed by atoms with Gasteiger partial charge in [0.05, 0.1) is 12.2 Å². The lowest BCUT2D eigenvalue weighted by Crippen LogP contribution is -2.63. The number of amides is 5.